The van der Waals surface area contributed by atoms with Crippen LogP contribution < -0.4 is 9.47 Å². The summed E-state index contributed by atoms with van der Waals surface area (Å²) in [5.74, 6) is 1.42. The van der Waals surface area contributed by atoms with Crippen molar-refractivity contribution < 1.29 is 14.3 Å². The van der Waals surface area contributed by atoms with Gasteiger partial charge in [0.2, 0.25) is 5.78 Å². The van der Waals surface area contributed by atoms with Gasteiger partial charge in [-0.25, -0.2) is 0 Å². The molecular formula is C25H20O3. The predicted octanol–water partition coefficient (Wildman–Crippen LogP) is 5.75. The molecule has 1 heterocycles. The molecule has 0 spiro atoms. The van der Waals surface area contributed by atoms with Crippen LogP contribution in [-0.4, -0.2) is 5.78 Å². The fourth-order valence-corrected chi connectivity index (χ4v) is 3.02. The Kier molecular flexibility index (Phi) is 5.07. The number of benzene rings is 3. The molecule has 0 saturated heterocycles. The number of carbonyl (C=O) groups excluding carboxylic acids is 1. The highest BCUT2D eigenvalue weighted by atomic mass is 16.5. The number of Topliss-reactive ketones (excluding diaryl/α,β-unsaturated/α-hetero) is 1. The minimum atomic E-state index is -0.113. The van der Waals surface area contributed by atoms with E-state index >= 15 is 0 Å². The second kappa shape index (κ2) is 7.97. The van der Waals surface area contributed by atoms with Crippen LogP contribution in [0.15, 0.2) is 90.7 Å². The van der Waals surface area contributed by atoms with Crippen molar-refractivity contribution in [2.24, 2.45) is 0 Å². The van der Waals surface area contributed by atoms with Crippen molar-refractivity contribution in [3.05, 3.63) is 113 Å². The van der Waals surface area contributed by atoms with Crippen LogP contribution in [-0.2, 0) is 6.61 Å². The summed E-state index contributed by atoms with van der Waals surface area (Å²) in [6.45, 7) is 2.53. The van der Waals surface area contributed by atoms with Gasteiger partial charge in [0, 0.05) is 6.07 Å². The molecule has 3 aromatic carbocycles. The molecule has 0 atom stereocenters. The molecule has 0 bridgehead atoms. The monoisotopic (exact) mass is 368 g/mol. The van der Waals surface area contributed by atoms with Crippen molar-refractivity contribution in [1.29, 1.82) is 0 Å². The molecule has 0 N–H and O–H groups in total. The summed E-state index contributed by atoms with van der Waals surface area (Å²) in [7, 11) is 0. The SMILES string of the molecule is Cc1ccccc1COc1ccc2c(c1)O/C(=C\C=C\c1ccccc1)C2=O. The van der Waals surface area contributed by atoms with Gasteiger partial charge >= 0.3 is 0 Å². The lowest BCUT2D eigenvalue weighted by atomic mass is 10.1. The summed E-state index contributed by atoms with van der Waals surface area (Å²) >= 11 is 0. The van der Waals surface area contributed by atoms with Crippen LogP contribution >= 0.6 is 0 Å². The lowest BCUT2D eigenvalue weighted by Gasteiger charge is -2.09. The summed E-state index contributed by atoms with van der Waals surface area (Å²) in [6, 6.07) is 23.3. The predicted molar refractivity (Wildman–Crippen MR) is 110 cm³/mol. The Labute approximate surface area is 164 Å². The molecule has 0 saturated carbocycles. The van der Waals surface area contributed by atoms with Gasteiger partial charge in [-0.15, -0.1) is 0 Å². The van der Waals surface area contributed by atoms with E-state index in [2.05, 4.69) is 13.0 Å². The first-order valence-corrected chi connectivity index (χ1v) is 9.18. The summed E-state index contributed by atoms with van der Waals surface area (Å²) in [6.07, 6.45) is 5.45. The maximum absolute atomic E-state index is 12.5. The second-order valence-corrected chi connectivity index (χ2v) is 6.61. The summed E-state index contributed by atoms with van der Waals surface area (Å²) in [5, 5.41) is 0. The Hall–Kier alpha value is -3.59. The maximum atomic E-state index is 12.5. The van der Waals surface area contributed by atoms with Crippen LogP contribution in [0.4, 0.5) is 0 Å². The quantitative estimate of drug-likeness (QED) is 0.538. The molecular weight excluding hydrogens is 348 g/mol. The van der Waals surface area contributed by atoms with E-state index in [0.717, 1.165) is 11.1 Å². The third kappa shape index (κ3) is 3.89. The minimum absolute atomic E-state index is 0.113. The molecule has 0 unspecified atom stereocenters. The molecule has 1 aliphatic rings. The van der Waals surface area contributed by atoms with Crippen molar-refractivity contribution >= 4 is 11.9 Å². The average Bonchev–Trinajstić information content (AvgIpc) is 3.03. The number of ether oxygens (including phenoxy) is 2. The number of carbonyl (C=O) groups is 1. The van der Waals surface area contributed by atoms with E-state index < -0.39 is 0 Å². The van der Waals surface area contributed by atoms with E-state index in [-0.39, 0.29) is 5.78 Å². The van der Waals surface area contributed by atoms with E-state index in [1.165, 1.54) is 5.56 Å². The molecule has 1 aliphatic heterocycles. The first-order chi connectivity index (χ1) is 13.7. The number of ketones is 1. The van der Waals surface area contributed by atoms with Crippen LogP contribution in [0.5, 0.6) is 11.5 Å². The van der Waals surface area contributed by atoms with Gasteiger partial charge < -0.3 is 9.47 Å². The zero-order valence-electron chi connectivity index (χ0n) is 15.6. The highest BCUT2D eigenvalue weighted by molar-refractivity contribution is 6.12. The zero-order chi connectivity index (χ0) is 19.3. The third-order valence-electron chi connectivity index (χ3n) is 4.63. The van der Waals surface area contributed by atoms with Gasteiger partial charge in [0.15, 0.2) is 5.76 Å². The molecule has 0 aromatic heterocycles. The van der Waals surface area contributed by atoms with Crippen LogP contribution in [0.3, 0.4) is 0 Å². The summed E-state index contributed by atoms with van der Waals surface area (Å²) in [4.78, 5) is 12.5. The molecule has 3 heteroatoms. The van der Waals surface area contributed by atoms with Crippen molar-refractivity contribution in [2.75, 3.05) is 0 Å². The Morgan fingerprint density at radius 1 is 0.964 bits per heavy atom. The Balaban J connectivity index is 1.46. The topological polar surface area (TPSA) is 35.5 Å². The molecule has 138 valence electrons. The number of hydrogen-bond acceptors (Lipinski definition) is 3. The van der Waals surface area contributed by atoms with Crippen LogP contribution in [0.25, 0.3) is 6.08 Å². The first-order valence-electron chi connectivity index (χ1n) is 9.18. The van der Waals surface area contributed by atoms with Gasteiger partial charge in [0.25, 0.3) is 0 Å². The number of hydrogen-bond donors (Lipinski definition) is 0. The summed E-state index contributed by atoms with van der Waals surface area (Å²) in [5.41, 5.74) is 3.94. The molecule has 0 fully saturated rings. The average molecular weight is 368 g/mol. The Morgan fingerprint density at radius 3 is 2.57 bits per heavy atom. The number of rotatable bonds is 5. The van der Waals surface area contributed by atoms with Crippen LogP contribution in [0, 0.1) is 6.92 Å². The van der Waals surface area contributed by atoms with Gasteiger partial charge in [-0.2, -0.15) is 0 Å². The summed E-state index contributed by atoms with van der Waals surface area (Å²) < 4.78 is 11.6. The molecule has 4 rings (SSSR count). The van der Waals surface area contributed by atoms with Gasteiger partial charge in [-0.05, 0) is 41.8 Å². The largest absolute Gasteiger partial charge is 0.489 e. The highest BCUT2D eigenvalue weighted by Crippen LogP contribution is 2.34. The highest BCUT2D eigenvalue weighted by Gasteiger charge is 2.27. The van der Waals surface area contributed by atoms with Gasteiger partial charge in [0.1, 0.15) is 18.1 Å². The van der Waals surface area contributed by atoms with E-state index in [1.54, 1.807) is 24.3 Å². The van der Waals surface area contributed by atoms with Gasteiger partial charge in [-0.1, -0.05) is 66.7 Å². The number of allylic oxidation sites excluding steroid dienone is 3. The van der Waals surface area contributed by atoms with Crippen molar-refractivity contribution in [2.45, 2.75) is 13.5 Å². The van der Waals surface area contributed by atoms with Crippen molar-refractivity contribution in [3.8, 4) is 11.5 Å². The van der Waals surface area contributed by atoms with E-state index in [1.807, 2.05) is 60.7 Å². The van der Waals surface area contributed by atoms with Crippen LogP contribution in [0.2, 0.25) is 0 Å². The first kappa shape index (κ1) is 17.8. The third-order valence-corrected chi connectivity index (χ3v) is 4.63. The fraction of sp³-hybridized carbons (Fsp3) is 0.0800. The van der Waals surface area contributed by atoms with Gasteiger partial charge in [-0.3, -0.25) is 4.79 Å². The van der Waals surface area contributed by atoms with Gasteiger partial charge in [0.05, 0.1) is 5.56 Å². The number of aryl methyl sites for hydroxylation is 1. The smallest absolute Gasteiger partial charge is 0.231 e. The normalized spacial score (nSPS) is 14.3. The standard InChI is InChI=1S/C25H20O3/c1-18-8-5-6-12-20(18)17-27-21-14-15-22-24(16-21)28-23(25(22)26)13-7-11-19-9-3-2-4-10-19/h2-16H,17H2,1H3/b11-7+,23-13-. The number of fused-ring (bicyclic) bond motifs is 1. The van der Waals surface area contributed by atoms with Crippen molar-refractivity contribution in [3.63, 3.8) is 0 Å². The zero-order valence-corrected chi connectivity index (χ0v) is 15.6. The molecule has 0 aliphatic carbocycles. The van der Waals surface area contributed by atoms with E-state index in [9.17, 15) is 4.79 Å². The van der Waals surface area contributed by atoms with E-state index in [0.29, 0.717) is 29.4 Å². The van der Waals surface area contributed by atoms with Crippen LogP contribution in [0.1, 0.15) is 27.0 Å². The Morgan fingerprint density at radius 2 is 1.75 bits per heavy atom. The molecule has 28 heavy (non-hydrogen) atoms. The minimum Gasteiger partial charge on any atom is -0.489 e. The second-order valence-electron chi connectivity index (χ2n) is 6.61. The molecule has 3 aromatic rings. The lowest BCUT2D eigenvalue weighted by Crippen LogP contribution is -1.98. The maximum Gasteiger partial charge on any atom is 0.231 e. The van der Waals surface area contributed by atoms with Crippen molar-refractivity contribution in [1.82, 2.24) is 0 Å². The lowest BCUT2D eigenvalue weighted by molar-refractivity contribution is 0.101. The molecule has 3 nitrogen and oxygen atoms in total. The molecule has 0 amide bonds. The Bertz CT molecular complexity index is 1060. The fourth-order valence-electron chi connectivity index (χ4n) is 3.02. The van der Waals surface area contributed by atoms with E-state index in [4.69, 9.17) is 9.47 Å². The molecule has 0 radical (unpaired) electrons.